The fourth-order valence-corrected chi connectivity index (χ4v) is 1.65. The van der Waals surface area contributed by atoms with Crippen molar-refractivity contribution in [1.29, 1.82) is 0 Å². The molecule has 0 aromatic carbocycles. The highest BCUT2D eigenvalue weighted by Gasteiger charge is 2.14. The Morgan fingerprint density at radius 1 is 1.62 bits per heavy atom. The number of rotatable bonds is 3. The van der Waals surface area contributed by atoms with Crippen LogP contribution >= 0.6 is 0 Å². The number of aromatic nitrogens is 2. The number of hydrogen-bond acceptors (Lipinski definition) is 3. The average molecular weight is 219 g/mol. The van der Waals surface area contributed by atoms with Gasteiger partial charge in [0.05, 0.1) is 23.7 Å². The van der Waals surface area contributed by atoms with Crippen LogP contribution in [0.15, 0.2) is 24.3 Å². The normalized spacial score (nSPS) is 12.9. The molecule has 84 valence electrons. The minimum atomic E-state index is -0.915. The summed E-state index contributed by atoms with van der Waals surface area (Å²) in [5.41, 5.74) is 8.28. The van der Waals surface area contributed by atoms with E-state index in [1.54, 1.807) is 4.52 Å². The van der Waals surface area contributed by atoms with E-state index < -0.39 is 12.0 Å². The maximum Gasteiger partial charge on any atom is 0.305 e. The van der Waals surface area contributed by atoms with Crippen LogP contribution in [0, 0.1) is 6.92 Å². The first-order valence-electron chi connectivity index (χ1n) is 5.00. The summed E-state index contributed by atoms with van der Waals surface area (Å²) in [6.45, 7) is 1.94. The Kier molecular flexibility index (Phi) is 2.62. The summed E-state index contributed by atoms with van der Waals surface area (Å²) >= 11 is 0. The lowest BCUT2D eigenvalue weighted by Crippen LogP contribution is -2.15. The highest BCUT2D eigenvalue weighted by Crippen LogP contribution is 2.16. The zero-order chi connectivity index (χ0) is 11.7. The van der Waals surface area contributed by atoms with Crippen molar-refractivity contribution in [2.24, 2.45) is 5.73 Å². The zero-order valence-corrected chi connectivity index (χ0v) is 8.92. The second-order valence-electron chi connectivity index (χ2n) is 3.78. The topological polar surface area (TPSA) is 80.6 Å². The van der Waals surface area contributed by atoms with Gasteiger partial charge in [-0.1, -0.05) is 6.07 Å². The Morgan fingerprint density at radius 3 is 3.00 bits per heavy atom. The first-order valence-corrected chi connectivity index (χ1v) is 5.00. The van der Waals surface area contributed by atoms with E-state index in [0.29, 0.717) is 5.69 Å². The third kappa shape index (κ3) is 1.90. The number of carboxylic acid groups (broad SMARTS) is 1. The van der Waals surface area contributed by atoms with E-state index in [9.17, 15) is 4.79 Å². The van der Waals surface area contributed by atoms with Crippen LogP contribution in [0.1, 0.15) is 23.9 Å². The highest BCUT2D eigenvalue weighted by atomic mass is 16.4. The molecule has 2 rings (SSSR count). The molecule has 0 aliphatic heterocycles. The molecule has 0 saturated heterocycles. The molecule has 0 saturated carbocycles. The van der Waals surface area contributed by atoms with Crippen molar-refractivity contribution in [2.75, 3.05) is 0 Å². The van der Waals surface area contributed by atoms with E-state index in [1.165, 1.54) is 0 Å². The van der Waals surface area contributed by atoms with Gasteiger partial charge in [0.25, 0.3) is 0 Å². The SMILES string of the molecule is Cc1cccc2cc(C(N)CC(=O)O)nn12. The first-order chi connectivity index (χ1) is 7.58. The van der Waals surface area contributed by atoms with Gasteiger partial charge < -0.3 is 10.8 Å². The molecule has 0 spiro atoms. The lowest BCUT2D eigenvalue weighted by molar-refractivity contribution is -0.137. The predicted molar refractivity (Wildman–Crippen MR) is 59.1 cm³/mol. The van der Waals surface area contributed by atoms with Gasteiger partial charge in [-0.05, 0) is 25.1 Å². The van der Waals surface area contributed by atoms with Crippen LogP contribution in [-0.4, -0.2) is 20.7 Å². The number of hydrogen-bond donors (Lipinski definition) is 2. The summed E-state index contributed by atoms with van der Waals surface area (Å²) in [5, 5.41) is 13.0. The Balaban J connectivity index is 2.39. The second-order valence-corrected chi connectivity index (χ2v) is 3.78. The molecule has 0 bridgehead atoms. The number of aryl methyl sites for hydroxylation is 1. The molecular weight excluding hydrogens is 206 g/mol. The van der Waals surface area contributed by atoms with Crippen molar-refractivity contribution in [3.63, 3.8) is 0 Å². The van der Waals surface area contributed by atoms with Gasteiger partial charge in [0.15, 0.2) is 0 Å². The summed E-state index contributed by atoms with van der Waals surface area (Å²) in [5.74, 6) is -0.915. The molecule has 16 heavy (non-hydrogen) atoms. The molecule has 0 aliphatic carbocycles. The lowest BCUT2D eigenvalue weighted by Gasteiger charge is -2.03. The van der Waals surface area contributed by atoms with Crippen molar-refractivity contribution in [2.45, 2.75) is 19.4 Å². The number of aliphatic carboxylic acids is 1. The van der Waals surface area contributed by atoms with E-state index in [4.69, 9.17) is 10.8 Å². The molecule has 5 heteroatoms. The van der Waals surface area contributed by atoms with Gasteiger partial charge in [0, 0.05) is 5.69 Å². The number of carboxylic acids is 1. The Labute approximate surface area is 92.5 Å². The first kappa shape index (κ1) is 10.6. The standard InChI is InChI=1S/C11H13N3O2/c1-7-3-2-4-8-5-10(13-14(7)8)9(12)6-11(15)16/h2-5,9H,6,12H2,1H3,(H,15,16). The highest BCUT2D eigenvalue weighted by molar-refractivity contribution is 5.68. The zero-order valence-electron chi connectivity index (χ0n) is 8.92. The van der Waals surface area contributed by atoms with Crippen LogP contribution in [0.25, 0.3) is 5.52 Å². The van der Waals surface area contributed by atoms with Crippen molar-refractivity contribution < 1.29 is 9.90 Å². The smallest absolute Gasteiger partial charge is 0.305 e. The third-order valence-electron chi connectivity index (χ3n) is 2.47. The number of nitrogens with two attached hydrogens (primary N) is 1. The largest absolute Gasteiger partial charge is 0.481 e. The van der Waals surface area contributed by atoms with E-state index in [0.717, 1.165) is 11.2 Å². The maximum atomic E-state index is 10.6. The molecule has 2 heterocycles. The van der Waals surface area contributed by atoms with Gasteiger partial charge in [-0.25, -0.2) is 4.52 Å². The van der Waals surface area contributed by atoms with Gasteiger partial charge in [0.1, 0.15) is 0 Å². The molecule has 2 aromatic rings. The minimum absolute atomic E-state index is 0.108. The summed E-state index contributed by atoms with van der Waals surface area (Å²) in [4.78, 5) is 10.6. The summed E-state index contributed by atoms with van der Waals surface area (Å²) in [6, 6.07) is 7.04. The molecule has 0 amide bonds. The molecular formula is C11H13N3O2. The van der Waals surface area contributed by atoms with Crippen LogP contribution in [0.4, 0.5) is 0 Å². The van der Waals surface area contributed by atoms with E-state index in [-0.39, 0.29) is 6.42 Å². The van der Waals surface area contributed by atoms with Crippen molar-refractivity contribution in [3.8, 4) is 0 Å². The molecule has 3 N–H and O–H groups in total. The van der Waals surface area contributed by atoms with Gasteiger partial charge >= 0.3 is 5.97 Å². The number of fused-ring (bicyclic) bond motifs is 1. The van der Waals surface area contributed by atoms with Gasteiger partial charge in [0.2, 0.25) is 0 Å². The van der Waals surface area contributed by atoms with Crippen molar-refractivity contribution in [1.82, 2.24) is 9.61 Å². The summed E-state index contributed by atoms with van der Waals surface area (Å²) in [6.07, 6.45) is -0.108. The molecule has 1 unspecified atom stereocenters. The summed E-state index contributed by atoms with van der Waals surface area (Å²) < 4.78 is 1.76. The van der Waals surface area contributed by atoms with Gasteiger partial charge in [-0.3, -0.25) is 4.79 Å². The van der Waals surface area contributed by atoms with Crippen LogP contribution in [0.5, 0.6) is 0 Å². The van der Waals surface area contributed by atoms with E-state index >= 15 is 0 Å². The third-order valence-corrected chi connectivity index (χ3v) is 2.47. The Bertz CT molecular complexity index is 533. The van der Waals surface area contributed by atoms with E-state index in [2.05, 4.69) is 5.10 Å². The number of pyridine rings is 1. The second kappa shape index (κ2) is 3.94. The average Bonchev–Trinajstić information content (AvgIpc) is 2.61. The molecule has 2 aromatic heterocycles. The molecule has 5 nitrogen and oxygen atoms in total. The lowest BCUT2D eigenvalue weighted by atomic mass is 10.1. The maximum absolute atomic E-state index is 10.6. The molecule has 0 aliphatic rings. The Hall–Kier alpha value is -1.88. The quantitative estimate of drug-likeness (QED) is 0.810. The predicted octanol–water partition coefficient (Wildman–Crippen LogP) is 1.12. The molecule has 1 atom stereocenters. The fourth-order valence-electron chi connectivity index (χ4n) is 1.65. The molecule has 0 fully saturated rings. The van der Waals surface area contributed by atoms with Crippen LogP contribution in [0.2, 0.25) is 0 Å². The minimum Gasteiger partial charge on any atom is -0.481 e. The van der Waals surface area contributed by atoms with Crippen molar-refractivity contribution in [3.05, 3.63) is 35.7 Å². The van der Waals surface area contributed by atoms with Crippen LogP contribution in [-0.2, 0) is 4.79 Å². The monoisotopic (exact) mass is 219 g/mol. The molecule has 0 radical (unpaired) electrons. The number of carbonyl (C=O) groups is 1. The Morgan fingerprint density at radius 2 is 2.38 bits per heavy atom. The van der Waals surface area contributed by atoms with Gasteiger partial charge in [-0.2, -0.15) is 5.10 Å². The number of nitrogens with zero attached hydrogens (tertiary/aromatic N) is 2. The van der Waals surface area contributed by atoms with Crippen LogP contribution < -0.4 is 5.73 Å². The van der Waals surface area contributed by atoms with Crippen molar-refractivity contribution >= 4 is 11.5 Å². The summed E-state index contributed by atoms with van der Waals surface area (Å²) in [7, 11) is 0. The van der Waals surface area contributed by atoms with Gasteiger partial charge in [-0.15, -0.1) is 0 Å². The van der Waals surface area contributed by atoms with E-state index in [1.807, 2.05) is 31.2 Å². The fraction of sp³-hybridized carbons (Fsp3) is 0.273. The van der Waals surface area contributed by atoms with Crippen LogP contribution in [0.3, 0.4) is 0 Å².